The number of hydrogen-bond acceptors (Lipinski definition) is 6. The number of fused-ring (bicyclic) bond motifs is 1. The summed E-state index contributed by atoms with van der Waals surface area (Å²) < 4.78 is 2.14. The van der Waals surface area contributed by atoms with Crippen molar-refractivity contribution in [1.82, 2.24) is 35.3 Å². The molecule has 0 bridgehead atoms. The third kappa shape index (κ3) is 2.07. The Balaban J connectivity index is 1.79. The normalized spacial score (nSPS) is 17.4. The first-order valence-electron chi connectivity index (χ1n) is 6.77. The Bertz CT molecular complexity index is 739. The summed E-state index contributed by atoms with van der Waals surface area (Å²) in [6.07, 6.45) is 6.96. The van der Waals surface area contributed by atoms with E-state index in [1.54, 1.807) is 24.8 Å². The van der Waals surface area contributed by atoms with Gasteiger partial charge < -0.3 is 9.88 Å². The summed E-state index contributed by atoms with van der Waals surface area (Å²) in [4.78, 5) is 4.06. The lowest BCUT2D eigenvalue weighted by molar-refractivity contribution is 0.457. The lowest BCUT2D eigenvalue weighted by Crippen LogP contribution is -2.34. The fraction of sp³-hybridized carbons (Fsp3) is 0.214. The van der Waals surface area contributed by atoms with Gasteiger partial charge in [0.2, 0.25) is 0 Å². The summed E-state index contributed by atoms with van der Waals surface area (Å²) in [5.41, 5.74) is 2.07. The fourth-order valence-corrected chi connectivity index (χ4v) is 2.62. The van der Waals surface area contributed by atoms with Crippen LogP contribution in [-0.2, 0) is 6.54 Å². The molecule has 3 aromatic rings. The van der Waals surface area contributed by atoms with Crippen LogP contribution in [0, 0.1) is 0 Å². The van der Waals surface area contributed by atoms with Crippen LogP contribution >= 0.6 is 0 Å². The molecule has 1 N–H and O–H groups in total. The van der Waals surface area contributed by atoms with Gasteiger partial charge in [-0.3, -0.25) is 4.98 Å². The van der Waals surface area contributed by atoms with E-state index >= 15 is 0 Å². The van der Waals surface area contributed by atoms with Gasteiger partial charge in [-0.15, -0.1) is 10.2 Å². The lowest BCUT2D eigenvalue weighted by Gasteiger charge is -2.25. The number of hydrogen-bond donors (Lipinski definition) is 1. The monoisotopic (exact) mass is 279 g/mol. The highest BCUT2D eigenvalue weighted by Gasteiger charge is 2.26. The van der Waals surface area contributed by atoms with E-state index in [1.165, 1.54) is 0 Å². The molecule has 1 aliphatic heterocycles. The van der Waals surface area contributed by atoms with E-state index in [4.69, 9.17) is 0 Å². The molecular weight excluding hydrogens is 266 g/mol. The van der Waals surface area contributed by atoms with E-state index in [2.05, 4.69) is 35.3 Å². The second-order valence-corrected chi connectivity index (χ2v) is 4.83. The largest absolute Gasteiger partial charge is 0.308 e. The molecule has 1 unspecified atom stereocenters. The topological polar surface area (TPSA) is 81.4 Å². The summed E-state index contributed by atoms with van der Waals surface area (Å²) in [5.74, 6) is 1.75. The molecule has 0 saturated carbocycles. The van der Waals surface area contributed by atoms with Gasteiger partial charge in [-0.1, -0.05) is 0 Å². The second-order valence-electron chi connectivity index (χ2n) is 4.83. The number of aromatic nitrogens is 6. The third-order valence-corrected chi connectivity index (χ3v) is 3.60. The zero-order chi connectivity index (χ0) is 14.1. The summed E-state index contributed by atoms with van der Waals surface area (Å²) in [6.45, 7) is 1.70. The van der Waals surface area contributed by atoms with Gasteiger partial charge in [0.15, 0.2) is 11.6 Å². The van der Waals surface area contributed by atoms with Crippen molar-refractivity contribution < 1.29 is 0 Å². The van der Waals surface area contributed by atoms with E-state index in [0.717, 1.165) is 35.9 Å². The number of rotatable bonds is 2. The van der Waals surface area contributed by atoms with Gasteiger partial charge in [0.25, 0.3) is 0 Å². The molecule has 0 saturated heterocycles. The van der Waals surface area contributed by atoms with Crippen molar-refractivity contribution in [2.45, 2.75) is 12.6 Å². The van der Waals surface area contributed by atoms with Gasteiger partial charge >= 0.3 is 0 Å². The van der Waals surface area contributed by atoms with Crippen molar-refractivity contribution in [3.05, 3.63) is 54.4 Å². The fourth-order valence-electron chi connectivity index (χ4n) is 2.62. The smallest absolute Gasteiger partial charge is 0.165 e. The molecule has 1 atom stereocenters. The van der Waals surface area contributed by atoms with Crippen LogP contribution in [0.1, 0.15) is 17.4 Å². The Morgan fingerprint density at radius 1 is 1.05 bits per heavy atom. The number of nitrogens with zero attached hydrogens (tertiary/aromatic N) is 6. The van der Waals surface area contributed by atoms with Crippen LogP contribution < -0.4 is 5.32 Å². The maximum atomic E-state index is 4.37. The minimum Gasteiger partial charge on any atom is -0.308 e. The van der Waals surface area contributed by atoms with Crippen LogP contribution in [0.2, 0.25) is 0 Å². The van der Waals surface area contributed by atoms with Crippen LogP contribution in [0.3, 0.4) is 0 Å². The first-order chi connectivity index (χ1) is 10.4. The molecule has 3 aromatic heterocycles. The van der Waals surface area contributed by atoms with Crippen molar-refractivity contribution in [1.29, 1.82) is 0 Å². The highest BCUT2D eigenvalue weighted by molar-refractivity contribution is 5.53. The highest BCUT2D eigenvalue weighted by Crippen LogP contribution is 2.26. The minimum atomic E-state index is 0.0396. The first kappa shape index (κ1) is 12.1. The molecule has 1 aliphatic rings. The molecule has 0 spiro atoms. The van der Waals surface area contributed by atoms with E-state index in [1.807, 2.05) is 18.2 Å². The van der Waals surface area contributed by atoms with Crippen LogP contribution in [0.4, 0.5) is 0 Å². The molecule has 0 aliphatic carbocycles. The summed E-state index contributed by atoms with van der Waals surface area (Å²) in [6, 6.07) is 5.93. The predicted molar refractivity (Wildman–Crippen MR) is 75.1 cm³/mol. The van der Waals surface area contributed by atoms with Crippen LogP contribution in [0.25, 0.3) is 11.4 Å². The first-order valence-corrected chi connectivity index (χ1v) is 6.77. The molecule has 0 fully saturated rings. The molecule has 0 amide bonds. The van der Waals surface area contributed by atoms with Gasteiger partial charge in [0.1, 0.15) is 0 Å². The Kier molecular flexibility index (Phi) is 2.89. The standard InChI is InChI=1S/C14H13N7/c1-4-15-5-2-10(1)12-14-20-19-13(21(14)8-7-16-12)11-3-6-17-18-9-11/h1-6,9,12,16H,7-8H2. The predicted octanol–water partition coefficient (Wildman–Crippen LogP) is 0.823. The Morgan fingerprint density at radius 3 is 2.76 bits per heavy atom. The average molecular weight is 279 g/mol. The van der Waals surface area contributed by atoms with Gasteiger partial charge in [0, 0.05) is 31.0 Å². The van der Waals surface area contributed by atoms with Gasteiger partial charge in [-0.25, -0.2) is 0 Å². The summed E-state index contributed by atoms with van der Waals surface area (Å²) in [5, 5.41) is 19.9. The molecule has 0 radical (unpaired) electrons. The number of pyridine rings is 1. The van der Waals surface area contributed by atoms with E-state index in [9.17, 15) is 0 Å². The minimum absolute atomic E-state index is 0.0396. The Labute approximate surface area is 121 Å². The van der Waals surface area contributed by atoms with Gasteiger partial charge in [-0.05, 0) is 23.8 Å². The van der Waals surface area contributed by atoms with Crippen molar-refractivity contribution in [2.24, 2.45) is 0 Å². The second kappa shape index (κ2) is 5.02. The molecule has 4 heterocycles. The molecular formula is C14H13N7. The van der Waals surface area contributed by atoms with Crippen molar-refractivity contribution in [3.8, 4) is 11.4 Å². The van der Waals surface area contributed by atoms with Gasteiger partial charge in [-0.2, -0.15) is 10.2 Å². The van der Waals surface area contributed by atoms with Gasteiger partial charge in [0.05, 0.1) is 18.4 Å². The maximum absolute atomic E-state index is 4.37. The average Bonchev–Trinajstić information content (AvgIpc) is 3.00. The molecule has 0 aromatic carbocycles. The van der Waals surface area contributed by atoms with Crippen molar-refractivity contribution >= 4 is 0 Å². The zero-order valence-electron chi connectivity index (χ0n) is 11.2. The molecule has 104 valence electrons. The summed E-state index contributed by atoms with van der Waals surface area (Å²) in [7, 11) is 0. The molecule has 7 nitrogen and oxygen atoms in total. The number of nitrogens with one attached hydrogen (secondary N) is 1. The van der Waals surface area contributed by atoms with Crippen LogP contribution in [0.5, 0.6) is 0 Å². The van der Waals surface area contributed by atoms with Crippen LogP contribution in [0.15, 0.2) is 43.0 Å². The molecule has 21 heavy (non-hydrogen) atoms. The zero-order valence-corrected chi connectivity index (χ0v) is 11.2. The summed E-state index contributed by atoms with van der Waals surface area (Å²) >= 11 is 0. The lowest BCUT2D eigenvalue weighted by atomic mass is 10.1. The highest BCUT2D eigenvalue weighted by atomic mass is 15.3. The third-order valence-electron chi connectivity index (χ3n) is 3.60. The SMILES string of the molecule is c1cc(C2NCCn3c(-c4ccnnc4)nnc32)ccn1. The molecule has 4 rings (SSSR count). The van der Waals surface area contributed by atoms with Crippen molar-refractivity contribution in [3.63, 3.8) is 0 Å². The van der Waals surface area contributed by atoms with Crippen molar-refractivity contribution in [2.75, 3.05) is 6.54 Å². The Morgan fingerprint density at radius 2 is 1.95 bits per heavy atom. The van der Waals surface area contributed by atoms with Crippen LogP contribution in [-0.4, -0.2) is 36.5 Å². The van der Waals surface area contributed by atoms with E-state index in [0.29, 0.717) is 0 Å². The molecule has 7 heteroatoms. The Hall–Kier alpha value is -2.67. The van der Waals surface area contributed by atoms with E-state index < -0.39 is 0 Å². The quantitative estimate of drug-likeness (QED) is 0.748. The van der Waals surface area contributed by atoms with E-state index in [-0.39, 0.29) is 6.04 Å². The maximum Gasteiger partial charge on any atom is 0.165 e.